The lowest BCUT2D eigenvalue weighted by Crippen LogP contribution is -1.84. The van der Waals surface area contributed by atoms with Crippen molar-refractivity contribution < 1.29 is 4.20 Å². The molecule has 0 aliphatic heterocycles. The third-order valence-corrected chi connectivity index (χ3v) is 2.08. The Morgan fingerprint density at radius 3 is 2.36 bits per heavy atom. The molecular weight excluding hydrogens is 204 g/mol. The molecule has 60 valence electrons. The Bertz CT molecular complexity index is 273. The van der Waals surface area contributed by atoms with Crippen LogP contribution in [0.3, 0.4) is 0 Å². The Labute approximate surface area is 74.5 Å². The number of para-hydroxylation sites is 1. The van der Waals surface area contributed by atoms with E-state index >= 15 is 0 Å². The van der Waals surface area contributed by atoms with Crippen molar-refractivity contribution in [2.24, 2.45) is 0 Å². The van der Waals surface area contributed by atoms with E-state index in [0.717, 1.165) is 0 Å². The molecule has 11 heavy (non-hydrogen) atoms. The molecule has 0 spiro atoms. The topological polar surface area (TPSA) is 12.0 Å². The Morgan fingerprint density at radius 1 is 1.36 bits per heavy atom. The summed E-state index contributed by atoms with van der Waals surface area (Å²) in [7, 11) is 0. The van der Waals surface area contributed by atoms with Crippen molar-refractivity contribution in [1.82, 2.24) is 0 Å². The van der Waals surface area contributed by atoms with Gasteiger partial charge in [-0.1, -0.05) is 18.2 Å². The van der Waals surface area contributed by atoms with Gasteiger partial charge in [0.05, 0.1) is 0 Å². The number of benzene rings is 1. The Balaban J connectivity index is 2.74. The van der Waals surface area contributed by atoms with Gasteiger partial charge < -0.3 is 5.09 Å². The fourth-order valence-electron chi connectivity index (χ4n) is 0.663. The molecule has 1 atom stereocenters. The van der Waals surface area contributed by atoms with Gasteiger partial charge in [-0.05, 0) is 35.2 Å². The highest BCUT2D eigenvalue weighted by molar-refractivity contribution is 8.25. The fraction of sp³-hybridized carbons (Fsp3) is 0. The van der Waals surface area contributed by atoms with E-state index in [4.69, 9.17) is 11.2 Å². The molecule has 0 bridgehead atoms. The first-order chi connectivity index (χ1) is 5.08. The van der Waals surface area contributed by atoms with Gasteiger partial charge in [0.15, 0.2) is 0 Å². The number of anilines is 1. The minimum Gasteiger partial charge on any atom is -0.322 e. The van der Waals surface area contributed by atoms with Crippen LogP contribution < -0.4 is 5.09 Å². The summed E-state index contributed by atoms with van der Waals surface area (Å²) < 4.78 is 12.7. The summed E-state index contributed by atoms with van der Waals surface area (Å²) in [5.41, 5.74) is 0.619. The number of rotatable bonds is 2. The van der Waals surface area contributed by atoms with Crippen molar-refractivity contribution in [3.8, 4) is 0 Å². The Kier molecular flexibility index (Phi) is 2.88. The summed E-state index contributed by atoms with van der Waals surface area (Å²) in [5, 5.41) is 2.41. The second-order valence-electron chi connectivity index (χ2n) is 1.94. The van der Waals surface area contributed by atoms with Gasteiger partial charge in [-0.25, -0.2) is 0 Å². The van der Waals surface area contributed by atoms with Crippen LogP contribution in [-0.2, 0) is 11.8 Å². The number of halogens is 2. The van der Waals surface area contributed by atoms with Crippen molar-refractivity contribution in [2.45, 2.75) is 0 Å². The molecular formula is C6H6ClFNPS. The van der Waals surface area contributed by atoms with Gasteiger partial charge in [-0.3, -0.25) is 0 Å². The quantitative estimate of drug-likeness (QED) is 0.748. The van der Waals surface area contributed by atoms with Crippen LogP contribution in [0.2, 0.25) is 0 Å². The Morgan fingerprint density at radius 2 is 1.91 bits per heavy atom. The predicted molar refractivity (Wildman–Crippen MR) is 51.3 cm³/mol. The van der Waals surface area contributed by atoms with Gasteiger partial charge >= 0.3 is 0 Å². The summed E-state index contributed by atoms with van der Waals surface area (Å²) in [6.07, 6.45) is 0. The highest BCUT2D eigenvalue weighted by Gasteiger charge is 2.08. The molecule has 0 aliphatic carbocycles. The van der Waals surface area contributed by atoms with Gasteiger partial charge in [0.25, 0.3) is 5.85 Å². The highest BCUT2D eigenvalue weighted by atomic mass is 35.7. The standard InChI is InChI=1S/C6H6ClFNPS/c7-10(8,11)9-6-4-2-1-3-5-6/h1-5H,(H,9,11). The molecule has 1 nitrogen and oxygen atoms in total. The summed E-state index contributed by atoms with van der Waals surface area (Å²) in [4.78, 5) is 0. The maximum Gasteiger partial charge on any atom is 0.285 e. The van der Waals surface area contributed by atoms with Gasteiger partial charge in [0, 0.05) is 5.69 Å². The van der Waals surface area contributed by atoms with Gasteiger partial charge in [0.1, 0.15) is 0 Å². The largest absolute Gasteiger partial charge is 0.322 e. The highest BCUT2D eigenvalue weighted by Crippen LogP contribution is 2.52. The van der Waals surface area contributed by atoms with Crippen LogP contribution in [0.4, 0.5) is 9.88 Å². The van der Waals surface area contributed by atoms with Crippen LogP contribution in [0.1, 0.15) is 0 Å². The van der Waals surface area contributed by atoms with Gasteiger partial charge in [-0.15, -0.1) is 0 Å². The Hall–Kier alpha value is -0.110. The summed E-state index contributed by atoms with van der Waals surface area (Å²) >= 11 is 9.58. The minimum atomic E-state index is -3.33. The van der Waals surface area contributed by atoms with Crippen LogP contribution in [-0.4, -0.2) is 0 Å². The van der Waals surface area contributed by atoms with E-state index in [2.05, 4.69) is 16.9 Å². The molecule has 0 heterocycles. The molecule has 0 radical (unpaired) electrons. The predicted octanol–water partition coefficient (Wildman–Crippen LogP) is 3.53. The van der Waals surface area contributed by atoms with Crippen LogP contribution >= 0.6 is 17.1 Å². The zero-order chi connectivity index (χ0) is 8.32. The van der Waals surface area contributed by atoms with Crippen LogP contribution in [0.15, 0.2) is 30.3 Å². The van der Waals surface area contributed by atoms with Crippen LogP contribution in [0, 0.1) is 0 Å². The molecule has 0 saturated heterocycles. The molecule has 5 heteroatoms. The van der Waals surface area contributed by atoms with E-state index < -0.39 is 5.85 Å². The number of hydrogen-bond donors (Lipinski definition) is 1. The average molecular weight is 210 g/mol. The maximum atomic E-state index is 12.7. The molecule has 1 N–H and O–H groups in total. The molecule has 0 aromatic heterocycles. The van der Waals surface area contributed by atoms with Gasteiger partial charge in [-0.2, -0.15) is 4.20 Å². The van der Waals surface area contributed by atoms with E-state index in [1.54, 1.807) is 24.3 Å². The molecule has 1 unspecified atom stereocenters. The van der Waals surface area contributed by atoms with Crippen molar-refractivity contribution >= 4 is 34.6 Å². The first-order valence-corrected chi connectivity index (χ1v) is 6.50. The van der Waals surface area contributed by atoms with Crippen molar-refractivity contribution in [3.05, 3.63) is 30.3 Å². The second kappa shape index (κ2) is 3.53. The van der Waals surface area contributed by atoms with Crippen molar-refractivity contribution in [2.75, 3.05) is 5.09 Å². The first-order valence-electron chi connectivity index (χ1n) is 2.90. The number of hydrogen-bond acceptors (Lipinski definition) is 1. The monoisotopic (exact) mass is 209 g/mol. The number of nitrogens with one attached hydrogen (secondary N) is 1. The summed E-state index contributed by atoms with van der Waals surface area (Å²) in [6, 6.07) is 8.82. The smallest absolute Gasteiger partial charge is 0.285 e. The summed E-state index contributed by atoms with van der Waals surface area (Å²) in [6.45, 7) is 0. The van der Waals surface area contributed by atoms with Crippen LogP contribution in [0.25, 0.3) is 0 Å². The molecule has 0 saturated carbocycles. The normalized spacial score (nSPS) is 15.5. The lowest BCUT2D eigenvalue weighted by atomic mass is 10.3. The van der Waals surface area contributed by atoms with E-state index in [1.807, 2.05) is 6.07 Å². The molecule has 0 fully saturated rings. The molecule has 0 aliphatic rings. The SMILES string of the molecule is FP(=S)(Cl)Nc1ccccc1. The molecule has 1 aromatic carbocycles. The molecule has 1 rings (SSSR count). The van der Waals surface area contributed by atoms with E-state index in [0.29, 0.717) is 5.69 Å². The maximum absolute atomic E-state index is 12.7. The van der Waals surface area contributed by atoms with Crippen molar-refractivity contribution in [1.29, 1.82) is 0 Å². The molecule has 1 aromatic rings. The zero-order valence-corrected chi connectivity index (χ0v) is 7.96. The average Bonchev–Trinajstić information content (AvgIpc) is 1.85. The minimum absolute atomic E-state index is 0.619. The third-order valence-electron chi connectivity index (χ3n) is 1.03. The van der Waals surface area contributed by atoms with Crippen molar-refractivity contribution in [3.63, 3.8) is 0 Å². The van der Waals surface area contributed by atoms with Gasteiger partial charge in [0.2, 0.25) is 0 Å². The van der Waals surface area contributed by atoms with E-state index in [9.17, 15) is 4.20 Å². The van der Waals surface area contributed by atoms with Crippen LogP contribution in [0.5, 0.6) is 0 Å². The third kappa shape index (κ3) is 3.71. The lowest BCUT2D eigenvalue weighted by Gasteiger charge is -2.06. The van der Waals surface area contributed by atoms with E-state index in [1.165, 1.54) is 0 Å². The zero-order valence-electron chi connectivity index (χ0n) is 5.50. The van der Waals surface area contributed by atoms with E-state index in [-0.39, 0.29) is 0 Å². The second-order valence-corrected chi connectivity index (χ2v) is 6.60. The summed E-state index contributed by atoms with van der Waals surface area (Å²) in [5.74, 6) is -3.33. The lowest BCUT2D eigenvalue weighted by molar-refractivity contribution is 0.914. The first kappa shape index (κ1) is 8.98. The molecule has 0 amide bonds. The fourth-order valence-corrected chi connectivity index (χ4v) is 1.72.